The number of carbonyl (C=O) groups excluding carboxylic acids is 2. The van der Waals surface area contributed by atoms with Gasteiger partial charge in [-0.05, 0) is 43.5 Å². The summed E-state index contributed by atoms with van der Waals surface area (Å²) < 4.78 is 0. The van der Waals surface area contributed by atoms with E-state index >= 15 is 0 Å². The van der Waals surface area contributed by atoms with E-state index in [2.05, 4.69) is 10.3 Å². The number of piperidine rings is 1. The molecule has 0 aliphatic carbocycles. The Morgan fingerprint density at radius 1 is 1.04 bits per heavy atom. The van der Waals surface area contributed by atoms with Crippen LogP contribution in [-0.2, 0) is 0 Å². The first-order chi connectivity index (χ1) is 12.6. The first kappa shape index (κ1) is 17.9. The van der Waals surface area contributed by atoms with E-state index in [0.717, 1.165) is 38.2 Å². The summed E-state index contributed by atoms with van der Waals surface area (Å²) in [6, 6.07) is 10.7. The first-order valence-corrected chi connectivity index (χ1v) is 8.89. The van der Waals surface area contributed by atoms with Crippen LogP contribution in [0.4, 0.5) is 11.5 Å². The fourth-order valence-corrected chi connectivity index (χ4v) is 3.03. The third-order valence-corrected chi connectivity index (χ3v) is 4.52. The van der Waals surface area contributed by atoms with Crippen molar-refractivity contribution >= 4 is 23.3 Å². The summed E-state index contributed by atoms with van der Waals surface area (Å²) in [5, 5.41) is 2.86. The number of aromatic nitrogens is 1. The monoisotopic (exact) mass is 352 g/mol. The van der Waals surface area contributed by atoms with Gasteiger partial charge in [-0.25, -0.2) is 4.98 Å². The van der Waals surface area contributed by atoms with Gasteiger partial charge in [0.1, 0.15) is 5.82 Å². The molecule has 26 heavy (non-hydrogen) atoms. The molecule has 1 aromatic carbocycles. The average molecular weight is 352 g/mol. The third-order valence-electron chi connectivity index (χ3n) is 4.52. The van der Waals surface area contributed by atoms with Crippen molar-refractivity contribution in [1.82, 2.24) is 9.88 Å². The van der Waals surface area contributed by atoms with Gasteiger partial charge in [-0.2, -0.15) is 0 Å². The molecule has 1 saturated heterocycles. The van der Waals surface area contributed by atoms with Gasteiger partial charge in [-0.1, -0.05) is 12.1 Å². The maximum atomic E-state index is 12.8. The lowest BCUT2D eigenvalue weighted by Gasteiger charge is -2.27. The van der Waals surface area contributed by atoms with Crippen LogP contribution in [0.2, 0.25) is 0 Å². The molecule has 3 rings (SSSR count). The summed E-state index contributed by atoms with van der Waals surface area (Å²) in [6.45, 7) is 1.55. The van der Waals surface area contributed by atoms with Crippen LogP contribution in [-0.4, -0.2) is 48.9 Å². The molecule has 6 nitrogen and oxygen atoms in total. The molecule has 0 unspecified atom stereocenters. The number of amides is 2. The number of nitrogens with one attached hydrogen (secondary N) is 1. The van der Waals surface area contributed by atoms with Gasteiger partial charge in [0, 0.05) is 33.4 Å². The van der Waals surface area contributed by atoms with Crippen LogP contribution in [0.15, 0.2) is 42.6 Å². The fraction of sp³-hybridized carbons (Fsp3) is 0.350. The highest BCUT2D eigenvalue weighted by Gasteiger charge is 2.21. The fourth-order valence-electron chi connectivity index (χ4n) is 3.03. The maximum Gasteiger partial charge on any atom is 0.257 e. The predicted octanol–water partition coefficient (Wildman–Crippen LogP) is 3.03. The number of rotatable bonds is 4. The van der Waals surface area contributed by atoms with Crippen molar-refractivity contribution in [3.8, 4) is 0 Å². The predicted molar refractivity (Wildman–Crippen MR) is 103 cm³/mol. The van der Waals surface area contributed by atoms with Crippen LogP contribution in [0.3, 0.4) is 0 Å². The van der Waals surface area contributed by atoms with Crippen molar-refractivity contribution in [2.24, 2.45) is 0 Å². The molecule has 0 bridgehead atoms. The zero-order chi connectivity index (χ0) is 18.5. The quantitative estimate of drug-likeness (QED) is 0.919. The average Bonchev–Trinajstić information content (AvgIpc) is 2.68. The molecule has 0 radical (unpaired) electrons. The first-order valence-electron chi connectivity index (χ1n) is 8.89. The number of likely N-dealkylation sites (tertiary alicyclic amines) is 1. The zero-order valence-corrected chi connectivity index (χ0v) is 15.2. The van der Waals surface area contributed by atoms with Gasteiger partial charge in [0.05, 0.1) is 16.8 Å². The van der Waals surface area contributed by atoms with Crippen LogP contribution >= 0.6 is 0 Å². The van der Waals surface area contributed by atoms with Crippen molar-refractivity contribution in [1.29, 1.82) is 0 Å². The van der Waals surface area contributed by atoms with E-state index in [1.807, 2.05) is 36.0 Å². The third kappa shape index (κ3) is 4.02. The Labute approximate surface area is 153 Å². The van der Waals surface area contributed by atoms with Crippen molar-refractivity contribution in [3.63, 3.8) is 0 Å². The van der Waals surface area contributed by atoms with E-state index in [1.165, 1.54) is 0 Å². The molecule has 1 aliphatic heterocycles. The van der Waals surface area contributed by atoms with Crippen LogP contribution in [0.1, 0.15) is 40.0 Å². The number of anilines is 2. The molecule has 1 aliphatic rings. The highest BCUT2D eigenvalue weighted by atomic mass is 16.2. The Bertz CT molecular complexity index is 781. The molecule has 0 spiro atoms. The normalized spacial score (nSPS) is 14.0. The topological polar surface area (TPSA) is 65.5 Å². The van der Waals surface area contributed by atoms with Gasteiger partial charge in [0.2, 0.25) is 0 Å². The van der Waals surface area contributed by atoms with Crippen LogP contribution in [0.25, 0.3) is 0 Å². The van der Waals surface area contributed by atoms with Gasteiger partial charge in [-0.15, -0.1) is 0 Å². The number of nitrogens with zero attached hydrogens (tertiary/aromatic N) is 3. The molecule has 1 N–H and O–H groups in total. The van der Waals surface area contributed by atoms with Gasteiger partial charge in [0.15, 0.2) is 0 Å². The number of benzene rings is 1. The lowest BCUT2D eigenvalue weighted by Crippen LogP contribution is -2.36. The molecular formula is C20H24N4O2. The molecule has 2 heterocycles. The summed E-state index contributed by atoms with van der Waals surface area (Å²) >= 11 is 0. The van der Waals surface area contributed by atoms with E-state index < -0.39 is 0 Å². The molecule has 6 heteroatoms. The lowest BCUT2D eigenvalue weighted by molar-refractivity contribution is 0.0725. The standard InChI is InChI=1S/C20H24N4O2/c1-23(2)18-11-10-15(14-21-18)19(25)22-17-9-5-4-8-16(17)20(26)24-12-6-3-7-13-24/h4-5,8-11,14H,3,6-7,12-13H2,1-2H3,(H,22,25). The number of para-hydroxylation sites is 1. The van der Waals surface area contributed by atoms with Gasteiger partial charge < -0.3 is 15.1 Å². The van der Waals surface area contributed by atoms with Gasteiger partial charge in [0.25, 0.3) is 11.8 Å². The summed E-state index contributed by atoms with van der Waals surface area (Å²) in [7, 11) is 3.79. The molecule has 2 amide bonds. The summed E-state index contributed by atoms with van der Waals surface area (Å²) in [4.78, 5) is 33.4. The summed E-state index contributed by atoms with van der Waals surface area (Å²) in [6.07, 6.45) is 4.77. The number of pyridine rings is 1. The minimum atomic E-state index is -0.276. The van der Waals surface area contributed by atoms with Gasteiger partial charge >= 0.3 is 0 Å². The molecule has 0 saturated carbocycles. The molecule has 1 aromatic heterocycles. The highest BCUT2D eigenvalue weighted by Crippen LogP contribution is 2.21. The second kappa shape index (κ2) is 7.99. The second-order valence-electron chi connectivity index (χ2n) is 6.65. The van der Waals surface area contributed by atoms with Crippen LogP contribution in [0.5, 0.6) is 0 Å². The Morgan fingerprint density at radius 2 is 1.77 bits per heavy atom. The maximum absolute atomic E-state index is 12.8. The van der Waals surface area contributed by atoms with E-state index in [1.54, 1.807) is 30.5 Å². The molecular weight excluding hydrogens is 328 g/mol. The minimum Gasteiger partial charge on any atom is -0.363 e. The lowest BCUT2D eigenvalue weighted by atomic mass is 10.1. The van der Waals surface area contributed by atoms with Crippen molar-refractivity contribution < 1.29 is 9.59 Å². The number of hydrogen-bond donors (Lipinski definition) is 1. The highest BCUT2D eigenvalue weighted by molar-refractivity contribution is 6.08. The Hall–Kier alpha value is -2.89. The summed E-state index contributed by atoms with van der Waals surface area (Å²) in [5.41, 5.74) is 1.52. The number of carbonyl (C=O) groups is 2. The smallest absolute Gasteiger partial charge is 0.257 e. The second-order valence-corrected chi connectivity index (χ2v) is 6.65. The Kier molecular flexibility index (Phi) is 5.51. The van der Waals surface area contributed by atoms with E-state index in [9.17, 15) is 9.59 Å². The van der Waals surface area contributed by atoms with Crippen LogP contribution in [0, 0.1) is 0 Å². The Balaban J connectivity index is 1.77. The Morgan fingerprint density at radius 3 is 2.42 bits per heavy atom. The van der Waals surface area contributed by atoms with E-state index in [-0.39, 0.29) is 11.8 Å². The molecule has 0 atom stereocenters. The van der Waals surface area contributed by atoms with E-state index in [4.69, 9.17) is 0 Å². The van der Waals surface area contributed by atoms with Gasteiger partial charge in [-0.3, -0.25) is 9.59 Å². The van der Waals surface area contributed by atoms with E-state index in [0.29, 0.717) is 16.8 Å². The largest absolute Gasteiger partial charge is 0.363 e. The van der Waals surface area contributed by atoms with Crippen molar-refractivity contribution in [2.45, 2.75) is 19.3 Å². The molecule has 1 fully saturated rings. The zero-order valence-electron chi connectivity index (χ0n) is 15.2. The molecule has 136 valence electrons. The SMILES string of the molecule is CN(C)c1ccc(C(=O)Nc2ccccc2C(=O)N2CCCCC2)cn1. The van der Waals surface area contributed by atoms with Crippen molar-refractivity contribution in [2.75, 3.05) is 37.4 Å². The van der Waals surface area contributed by atoms with Crippen molar-refractivity contribution in [3.05, 3.63) is 53.7 Å². The molecule has 2 aromatic rings. The minimum absolute atomic E-state index is 0.0262. The number of hydrogen-bond acceptors (Lipinski definition) is 4. The summed E-state index contributed by atoms with van der Waals surface area (Å²) in [5.74, 6) is 0.477. The van der Waals surface area contributed by atoms with Crippen LogP contribution < -0.4 is 10.2 Å².